The van der Waals surface area contributed by atoms with E-state index in [9.17, 15) is 58.3 Å². The second kappa shape index (κ2) is 17.7. The van der Waals surface area contributed by atoms with Crippen molar-refractivity contribution in [3.05, 3.63) is 25.3 Å². The summed E-state index contributed by atoms with van der Waals surface area (Å²) in [5.41, 5.74) is 12.0. The fraction of sp³-hybridized carbons (Fsp3) is 0.524. The minimum absolute atomic E-state index is 0.00293. The zero-order valence-electron chi connectivity index (χ0n) is 26.8. The Bertz CT molecular complexity index is 1910. The van der Waals surface area contributed by atoms with Crippen molar-refractivity contribution in [3.8, 4) is 0 Å². The van der Waals surface area contributed by atoms with Crippen molar-refractivity contribution in [1.82, 2.24) is 39.0 Å². The van der Waals surface area contributed by atoms with Gasteiger partial charge in [0.15, 0.2) is 41.3 Å². The Hall–Kier alpha value is -2.94. The molecule has 4 rings (SSSR count). The van der Waals surface area contributed by atoms with Gasteiger partial charge in [-0.1, -0.05) is 0 Å². The van der Waals surface area contributed by atoms with E-state index in [-0.39, 0.29) is 34.0 Å². The zero-order valence-corrected chi connectivity index (χ0v) is 30.3. The number of phosphoric acid groups is 2. The number of hydrogen-bond acceptors (Lipinski definition) is 22. The molecule has 0 aliphatic heterocycles. The molecule has 0 spiro atoms. The molecule has 32 heteroatoms. The first-order chi connectivity index (χ1) is 24.8. The molecule has 4 aromatic rings. The Morgan fingerprint density at radius 2 is 0.981 bits per heavy atom. The highest BCUT2D eigenvalue weighted by Crippen LogP contribution is 2.70. The second-order valence-electron chi connectivity index (χ2n) is 10.4. The molecule has 4 heterocycles. The number of hydrogen-bond donors (Lipinski definition) is 10. The van der Waals surface area contributed by atoms with E-state index in [0.717, 1.165) is 12.7 Å². The van der Waals surface area contributed by atoms with Crippen LogP contribution in [0.2, 0.25) is 0 Å². The van der Waals surface area contributed by atoms with E-state index < -0.39 is 101 Å². The number of nitrogens with two attached hydrogens (primary N) is 2. The quantitative estimate of drug-likeness (QED) is 0.0389. The average molecular weight is 838 g/mol. The summed E-state index contributed by atoms with van der Waals surface area (Å²) in [6.45, 7) is -5.36. The molecule has 0 saturated carbocycles. The molecule has 4 aromatic heterocycles. The Kier molecular flexibility index (Phi) is 14.3. The van der Waals surface area contributed by atoms with Crippen LogP contribution in [0.4, 0.5) is 11.6 Å². The molecule has 0 bridgehead atoms. The Balaban J connectivity index is 1.30. The van der Waals surface area contributed by atoms with Crippen molar-refractivity contribution in [3.63, 3.8) is 0 Å². The summed E-state index contributed by atoms with van der Waals surface area (Å²) in [5, 5.41) is 39.0. The molecule has 53 heavy (non-hydrogen) atoms. The molecule has 0 saturated heterocycles. The summed E-state index contributed by atoms with van der Waals surface area (Å²) in [4.78, 5) is 63.6. The molecule has 0 aromatic carbocycles. The van der Waals surface area contributed by atoms with Crippen LogP contribution in [-0.2, 0) is 45.4 Å². The van der Waals surface area contributed by atoms with Crippen molar-refractivity contribution in [2.45, 2.75) is 24.7 Å². The van der Waals surface area contributed by atoms with Crippen molar-refractivity contribution in [2.75, 3.05) is 57.0 Å². The molecule has 28 nitrogen and oxygen atoms in total. The number of nitrogens with zero attached hydrogens (tertiary/aromatic N) is 8. The number of aromatic nitrogens is 8. The van der Waals surface area contributed by atoms with Crippen LogP contribution in [0, 0.1) is 0 Å². The van der Waals surface area contributed by atoms with Crippen LogP contribution >= 0.6 is 30.8 Å². The fourth-order valence-electron chi connectivity index (χ4n) is 4.27. The molecule has 0 aliphatic rings. The molecule has 8 atom stereocenters. The van der Waals surface area contributed by atoms with E-state index in [1.54, 1.807) is 0 Å². The topological polar surface area (TPSA) is 425 Å². The smallest absolute Gasteiger partial charge is 0.394 e. The van der Waals surface area contributed by atoms with Crippen molar-refractivity contribution >= 4 is 64.8 Å². The lowest BCUT2D eigenvalue weighted by molar-refractivity contribution is -0.109. The van der Waals surface area contributed by atoms with Gasteiger partial charge >= 0.3 is 30.8 Å². The lowest BCUT2D eigenvalue weighted by atomic mass is 10.4. The van der Waals surface area contributed by atoms with Gasteiger partial charge in [-0.05, 0) is 0 Å². The Morgan fingerprint density at radius 1 is 0.604 bits per heavy atom. The first-order valence-corrected chi connectivity index (χ1v) is 21.0. The molecule has 0 aliphatic carbocycles. The van der Waals surface area contributed by atoms with Gasteiger partial charge < -0.3 is 60.9 Å². The van der Waals surface area contributed by atoms with Gasteiger partial charge in [0.2, 0.25) is 0 Å². The summed E-state index contributed by atoms with van der Waals surface area (Å²) in [6, 6.07) is 0. The first kappa shape index (κ1) is 42.8. The van der Waals surface area contributed by atoms with Gasteiger partial charge in [-0.15, -0.1) is 0 Å². The van der Waals surface area contributed by atoms with Crippen LogP contribution in [0.3, 0.4) is 0 Å². The molecule has 12 N–H and O–H groups in total. The molecule has 0 radical (unpaired) electrons. The van der Waals surface area contributed by atoms with E-state index in [1.165, 1.54) is 21.8 Å². The SMILES string of the molecule is Nc1ncnc2c1ncn2[C@H](CO)O[C@@H](CO)COP(=O)(O)OP(=O)(O)CP(=O)(O)OP(=O)(O)OC[C@H](CO)O[C@H](CO)n1cnc2c(N)ncnc21. The van der Waals surface area contributed by atoms with Gasteiger partial charge in [-0.3, -0.25) is 27.3 Å². The average Bonchev–Trinajstić information content (AvgIpc) is 3.70. The molecule has 296 valence electrons. The fourth-order valence-corrected chi connectivity index (χ4v) is 11.1. The summed E-state index contributed by atoms with van der Waals surface area (Å²) >= 11 is 0. The molecular weight excluding hydrogens is 804 g/mol. The molecule has 0 fully saturated rings. The van der Waals surface area contributed by atoms with Crippen molar-refractivity contribution in [1.29, 1.82) is 0 Å². The molecular formula is C21H34N10O18P4. The van der Waals surface area contributed by atoms with E-state index in [0.29, 0.717) is 0 Å². The van der Waals surface area contributed by atoms with Gasteiger partial charge in [0.25, 0.3) is 0 Å². The van der Waals surface area contributed by atoms with Crippen LogP contribution in [0.25, 0.3) is 22.3 Å². The van der Waals surface area contributed by atoms with E-state index in [2.05, 4.69) is 47.6 Å². The van der Waals surface area contributed by atoms with Crippen LogP contribution in [0.15, 0.2) is 25.3 Å². The summed E-state index contributed by atoms with van der Waals surface area (Å²) in [6.07, 6.45) is -1.13. The highest BCUT2D eigenvalue weighted by molar-refractivity contribution is 7.76. The zero-order chi connectivity index (χ0) is 39.2. The standard InChI is InChI=1S/C21H34N10O18P4/c22-18-16-20(26-7-24-18)30(9-28-16)14(3-34)46-12(1-32)5-44-52(40,41)48-50(36,37)11-51(38,39)49-53(42,43)45-6-13(2-33)47-15(4-35)31-10-29-17-19(23)25-8-27-21(17)31/h7-10,12-15,32-35H,1-6,11H2,(H,36,37)(H,38,39)(H,40,41)(H,42,43)(H2,22,24,26)(H2,23,25,27)/t12-,13-,14-,15+/m0/s1. The molecule has 0 amide bonds. The predicted octanol–water partition coefficient (Wildman–Crippen LogP) is -1.84. The van der Waals surface area contributed by atoms with Crippen LogP contribution in [-0.4, -0.2) is 137 Å². The van der Waals surface area contributed by atoms with Gasteiger partial charge in [0, 0.05) is 0 Å². The normalized spacial score (nSPS) is 19.2. The molecule has 4 unspecified atom stereocenters. The van der Waals surface area contributed by atoms with Crippen molar-refractivity contribution in [2.24, 2.45) is 0 Å². The van der Waals surface area contributed by atoms with Gasteiger partial charge in [0.05, 0.1) is 52.3 Å². The number of anilines is 2. The number of fused-ring (bicyclic) bond motifs is 2. The number of rotatable bonds is 22. The Labute approximate surface area is 296 Å². The number of aliphatic hydroxyl groups excluding tert-OH is 4. The Morgan fingerprint density at radius 3 is 1.32 bits per heavy atom. The number of aliphatic hydroxyl groups is 4. The minimum Gasteiger partial charge on any atom is -0.394 e. The van der Waals surface area contributed by atoms with Crippen LogP contribution in [0.5, 0.6) is 0 Å². The maximum Gasteiger partial charge on any atom is 0.479 e. The lowest BCUT2D eigenvalue weighted by Gasteiger charge is -2.25. The van der Waals surface area contributed by atoms with E-state index in [4.69, 9.17) is 20.9 Å². The van der Waals surface area contributed by atoms with Crippen molar-refractivity contribution < 1.29 is 85.4 Å². The van der Waals surface area contributed by atoms with Crippen LogP contribution < -0.4 is 11.5 Å². The number of phosphoric ester groups is 2. The maximum absolute atomic E-state index is 12.5. The third-order valence-electron chi connectivity index (χ3n) is 6.48. The summed E-state index contributed by atoms with van der Waals surface area (Å²) < 4.78 is 80.7. The highest BCUT2D eigenvalue weighted by Gasteiger charge is 2.44. The third-order valence-corrected chi connectivity index (χ3v) is 14.0. The second-order valence-corrected chi connectivity index (χ2v) is 17.8. The van der Waals surface area contributed by atoms with Crippen LogP contribution in [0.1, 0.15) is 12.5 Å². The number of imidazole rings is 2. The van der Waals surface area contributed by atoms with Gasteiger partial charge in [-0.2, -0.15) is 0 Å². The number of nitrogen functional groups attached to an aromatic ring is 2. The lowest BCUT2D eigenvalue weighted by Crippen LogP contribution is -2.29. The van der Waals surface area contributed by atoms with Gasteiger partial charge in [-0.25, -0.2) is 47.7 Å². The third kappa shape index (κ3) is 11.5. The maximum atomic E-state index is 12.5. The summed E-state index contributed by atoms with van der Waals surface area (Å²) in [5.74, 6) is -2.04. The van der Waals surface area contributed by atoms with Gasteiger partial charge in [0.1, 0.15) is 35.9 Å². The van der Waals surface area contributed by atoms with E-state index >= 15 is 0 Å². The summed E-state index contributed by atoms with van der Waals surface area (Å²) in [7, 11) is -22.6. The first-order valence-electron chi connectivity index (χ1n) is 14.4. The number of ether oxygens (including phenoxy) is 2. The predicted molar refractivity (Wildman–Crippen MR) is 174 cm³/mol. The minimum atomic E-state index is -5.68. The highest BCUT2D eigenvalue weighted by atomic mass is 31.3. The van der Waals surface area contributed by atoms with E-state index in [1.807, 2.05) is 0 Å². The monoisotopic (exact) mass is 838 g/mol. The largest absolute Gasteiger partial charge is 0.479 e.